The number of ether oxygens (including phenoxy) is 2. The smallest absolute Gasteiger partial charge is 0.151 e. The summed E-state index contributed by atoms with van der Waals surface area (Å²) in [4.78, 5) is 8.49. The fraction of sp³-hybridized carbons (Fsp3) is 0.368. The van der Waals surface area contributed by atoms with Crippen LogP contribution < -0.4 is 5.73 Å². The summed E-state index contributed by atoms with van der Waals surface area (Å²) in [7, 11) is 1.96. The van der Waals surface area contributed by atoms with Crippen LogP contribution in [-0.2, 0) is 23.1 Å². The van der Waals surface area contributed by atoms with Gasteiger partial charge in [-0.05, 0) is 18.4 Å². The lowest BCUT2D eigenvalue weighted by atomic mass is 10.1. The van der Waals surface area contributed by atoms with Gasteiger partial charge in [-0.1, -0.05) is 30.3 Å². The Balaban J connectivity index is 1.40. The fourth-order valence-corrected chi connectivity index (χ4v) is 3.46. The van der Waals surface area contributed by atoms with Gasteiger partial charge < -0.3 is 19.8 Å². The molecular weight excluding hydrogens is 316 g/mol. The van der Waals surface area contributed by atoms with E-state index >= 15 is 0 Å². The number of nitrogens with two attached hydrogens (primary N) is 1. The molecule has 1 aromatic carbocycles. The van der Waals surface area contributed by atoms with Gasteiger partial charge in [0.15, 0.2) is 5.82 Å². The Labute approximate surface area is 146 Å². The van der Waals surface area contributed by atoms with E-state index in [9.17, 15) is 0 Å². The number of fused-ring (bicyclic) bond motifs is 1. The average Bonchev–Trinajstić information content (AvgIpc) is 3.21. The first-order valence-electron chi connectivity index (χ1n) is 8.55. The van der Waals surface area contributed by atoms with E-state index in [0.717, 1.165) is 29.4 Å². The van der Waals surface area contributed by atoms with Gasteiger partial charge in [0.05, 0.1) is 30.9 Å². The number of nitrogen functional groups attached to an aromatic ring is 1. The van der Waals surface area contributed by atoms with E-state index in [0.29, 0.717) is 19.0 Å². The summed E-state index contributed by atoms with van der Waals surface area (Å²) in [5.41, 5.74) is 9.99. The Kier molecular flexibility index (Phi) is 4.38. The molecule has 0 saturated carbocycles. The fourth-order valence-electron chi connectivity index (χ4n) is 3.46. The van der Waals surface area contributed by atoms with Gasteiger partial charge in [-0.15, -0.1) is 0 Å². The lowest BCUT2D eigenvalue weighted by molar-refractivity contribution is -0.0201. The van der Waals surface area contributed by atoms with Crippen LogP contribution in [0, 0.1) is 0 Å². The average molecular weight is 338 g/mol. The second-order valence-electron chi connectivity index (χ2n) is 6.48. The van der Waals surface area contributed by atoms with Crippen LogP contribution >= 0.6 is 0 Å². The van der Waals surface area contributed by atoms with E-state index in [1.165, 1.54) is 11.9 Å². The highest BCUT2D eigenvalue weighted by atomic mass is 16.5. The minimum Gasteiger partial charge on any atom is -0.382 e. The van der Waals surface area contributed by atoms with Crippen molar-refractivity contribution in [2.45, 2.75) is 31.7 Å². The Hall–Kier alpha value is -2.44. The molecule has 6 heteroatoms. The lowest BCUT2D eigenvalue weighted by Crippen LogP contribution is -2.14. The van der Waals surface area contributed by atoms with Crippen molar-refractivity contribution in [2.75, 3.05) is 12.3 Å². The standard InChI is InChI=1S/C19H22N4O2/c1-23-9-15(17-18(23)19(20)22-12-21-17)16-8-7-14(25-16)11-24-10-13-5-3-2-4-6-13/h2-6,9,12,14,16H,7-8,10-11H2,1H3,(H2,20,21,22). The van der Waals surface area contributed by atoms with Gasteiger partial charge in [-0.2, -0.15) is 0 Å². The van der Waals surface area contributed by atoms with Crippen molar-refractivity contribution in [3.8, 4) is 0 Å². The molecule has 25 heavy (non-hydrogen) atoms. The van der Waals surface area contributed by atoms with Crippen LogP contribution in [0.2, 0.25) is 0 Å². The lowest BCUT2D eigenvalue weighted by Gasteiger charge is -2.13. The van der Waals surface area contributed by atoms with E-state index in [-0.39, 0.29) is 12.2 Å². The van der Waals surface area contributed by atoms with Gasteiger partial charge in [0.1, 0.15) is 11.8 Å². The summed E-state index contributed by atoms with van der Waals surface area (Å²) in [5.74, 6) is 0.500. The van der Waals surface area contributed by atoms with Crippen LogP contribution in [0.3, 0.4) is 0 Å². The molecule has 2 N–H and O–H groups in total. The Morgan fingerprint density at radius 3 is 2.92 bits per heavy atom. The maximum atomic E-state index is 6.21. The molecular formula is C19H22N4O2. The highest BCUT2D eigenvalue weighted by molar-refractivity contribution is 5.88. The number of aromatic nitrogens is 3. The third-order valence-corrected chi connectivity index (χ3v) is 4.68. The highest BCUT2D eigenvalue weighted by Gasteiger charge is 2.29. The zero-order valence-corrected chi connectivity index (χ0v) is 14.3. The Morgan fingerprint density at radius 2 is 2.08 bits per heavy atom. The quantitative estimate of drug-likeness (QED) is 0.774. The van der Waals surface area contributed by atoms with Crippen molar-refractivity contribution < 1.29 is 9.47 Å². The van der Waals surface area contributed by atoms with Crippen LogP contribution in [0.1, 0.15) is 30.1 Å². The largest absolute Gasteiger partial charge is 0.382 e. The molecule has 3 heterocycles. The molecule has 3 aromatic rings. The van der Waals surface area contributed by atoms with Crippen LogP contribution in [-0.4, -0.2) is 27.2 Å². The molecule has 0 aliphatic carbocycles. The monoisotopic (exact) mass is 338 g/mol. The molecule has 0 amide bonds. The van der Waals surface area contributed by atoms with Gasteiger partial charge in [0, 0.05) is 18.8 Å². The zero-order chi connectivity index (χ0) is 17.2. The SMILES string of the molecule is Cn1cc(C2CCC(COCc3ccccc3)O2)c2ncnc(N)c21. The molecule has 2 atom stereocenters. The van der Waals surface area contributed by atoms with Gasteiger partial charge in [0.2, 0.25) is 0 Å². The first kappa shape index (κ1) is 16.1. The number of aryl methyl sites for hydroxylation is 1. The van der Waals surface area contributed by atoms with Crippen LogP contribution in [0.5, 0.6) is 0 Å². The predicted molar refractivity (Wildman–Crippen MR) is 95.9 cm³/mol. The zero-order valence-electron chi connectivity index (χ0n) is 14.3. The number of anilines is 1. The van der Waals surface area contributed by atoms with E-state index in [1.807, 2.05) is 36.0 Å². The maximum Gasteiger partial charge on any atom is 0.151 e. The normalized spacial score (nSPS) is 20.4. The first-order chi connectivity index (χ1) is 12.2. The molecule has 1 aliphatic rings. The van der Waals surface area contributed by atoms with Crippen molar-refractivity contribution in [2.24, 2.45) is 7.05 Å². The molecule has 6 nitrogen and oxygen atoms in total. The minimum absolute atomic E-state index is 0.0309. The summed E-state index contributed by atoms with van der Waals surface area (Å²) < 4.78 is 14.0. The van der Waals surface area contributed by atoms with E-state index in [4.69, 9.17) is 15.2 Å². The molecule has 2 unspecified atom stereocenters. The second kappa shape index (κ2) is 6.82. The van der Waals surface area contributed by atoms with Crippen molar-refractivity contribution in [1.82, 2.24) is 14.5 Å². The van der Waals surface area contributed by atoms with Crippen LogP contribution in [0.15, 0.2) is 42.9 Å². The molecule has 2 aromatic heterocycles. The number of nitrogens with zero attached hydrogens (tertiary/aromatic N) is 3. The predicted octanol–water partition coefficient (Wildman–Crippen LogP) is 2.99. The highest BCUT2D eigenvalue weighted by Crippen LogP contribution is 2.37. The minimum atomic E-state index is 0.0309. The van der Waals surface area contributed by atoms with Crippen molar-refractivity contribution in [3.63, 3.8) is 0 Å². The summed E-state index contributed by atoms with van der Waals surface area (Å²) in [6.07, 6.45) is 5.65. The number of benzene rings is 1. The summed E-state index contributed by atoms with van der Waals surface area (Å²) in [6.45, 7) is 1.22. The van der Waals surface area contributed by atoms with Crippen molar-refractivity contribution >= 4 is 16.9 Å². The van der Waals surface area contributed by atoms with E-state index < -0.39 is 0 Å². The molecule has 0 radical (unpaired) electrons. The third kappa shape index (κ3) is 3.23. The first-order valence-corrected chi connectivity index (χ1v) is 8.55. The summed E-state index contributed by atoms with van der Waals surface area (Å²) in [6, 6.07) is 10.2. The topological polar surface area (TPSA) is 75.2 Å². The molecule has 1 aliphatic heterocycles. The van der Waals surface area contributed by atoms with Gasteiger partial charge >= 0.3 is 0 Å². The molecule has 0 spiro atoms. The van der Waals surface area contributed by atoms with Gasteiger partial charge in [-0.3, -0.25) is 0 Å². The molecule has 1 saturated heterocycles. The van der Waals surface area contributed by atoms with Gasteiger partial charge in [-0.25, -0.2) is 9.97 Å². The van der Waals surface area contributed by atoms with Crippen LogP contribution in [0.4, 0.5) is 5.82 Å². The molecule has 1 fully saturated rings. The van der Waals surface area contributed by atoms with E-state index in [1.54, 1.807) is 0 Å². The Bertz CT molecular complexity index is 862. The van der Waals surface area contributed by atoms with Crippen molar-refractivity contribution in [3.05, 3.63) is 54.0 Å². The summed E-state index contributed by atoms with van der Waals surface area (Å²) in [5, 5.41) is 0. The second-order valence-corrected chi connectivity index (χ2v) is 6.48. The number of rotatable bonds is 5. The molecule has 0 bridgehead atoms. The third-order valence-electron chi connectivity index (χ3n) is 4.68. The van der Waals surface area contributed by atoms with Crippen molar-refractivity contribution in [1.29, 1.82) is 0 Å². The van der Waals surface area contributed by atoms with E-state index in [2.05, 4.69) is 22.1 Å². The molecule has 4 rings (SSSR count). The molecule has 130 valence electrons. The van der Waals surface area contributed by atoms with Crippen LogP contribution in [0.25, 0.3) is 11.0 Å². The summed E-state index contributed by atoms with van der Waals surface area (Å²) >= 11 is 0. The number of hydrogen-bond acceptors (Lipinski definition) is 5. The maximum absolute atomic E-state index is 6.21. The Morgan fingerprint density at radius 1 is 1.24 bits per heavy atom. The number of hydrogen-bond donors (Lipinski definition) is 1. The van der Waals surface area contributed by atoms with Gasteiger partial charge in [0.25, 0.3) is 0 Å².